The Labute approximate surface area is 181 Å². The molecule has 0 spiro atoms. The van der Waals surface area contributed by atoms with Gasteiger partial charge in [0.1, 0.15) is 0 Å². The van der Waals surface area contributed by atoms with Gasteiger partial charge in [-0.1, -0.05) is 24.3 Å². The highest BCUT2D eigenvalue weighted by Crippen LogP contribution is 2.30. The number of piperidine rings is 1. The van der Waals surface area contributed by atoms with Crippen molar-refractivity contribution in [2.75, 3.05) is 19.6 Å². The van der Waals surface area contributed by atoms with Crippen molar-refractivity contribution in [1.29, 1.82) is 0 Å². The first-order valence-corrected chi connectivity index (χ1v) is 10.7. The highest BCUT2D eigenvalue weighted by molar-refractivity contribution is 5.80. The first-order valence-electron chi connectivity index (χ1n) is 10.7. The third-order valence-electron chi connectivity index (χ3n) is 5.51. The van der Waals surface area contributed by atoms with E-state index in [0.717, 1.165) is 32.5 Å². The van der Waals surface area contributed by atoms with E-state index in [4.69, 9.17) is 0 Å². The molecule has 1 saturated heterocycles. The zero-order chi connectivity index (χ0) is 22.4. The molecule has 0 bridgehead atoms. The van der Waals surface area contributed by atoms with Crippen molar-refractivity contribution in [2.24, 2.45) is 12.0 Å². The third kappa shape index (κ3) is 6.46. The summed E-state index contributed by atoms with van der Waals surface area (Å²) >= 11 is 0. The van der Waals surface area contributed by atoms with E-state index >= 15 is 0 Å². The summed E-state index contributed by atoms with van der Waals surface area (Å²) in [7, 11) is 1.48. The maximum atomic E-state index is 13.2. The fourth-order valence-electron chi connectivity index (χ4n) is 3.83. The minimum Gasteiger partial charge on any atom is -0.357 e. The smallest absolute Gasteiger partial charge is 0.357 e. The Bertz CT molecular complexity index is 882. The molecule has 170 valence electrons. The number of nitrogens with one attached hydrogen (secondary N) is 2. The van der Waals surface area contributed by atoms with Crippen molar-refractivity contribution in [3.63, 3.8) is 0 Å². The number of halogens is 3. The van der Waals surface area contributed by atoms with Crippen LogP contribution in [0.4, 0.5) is 13.2 Å². The lowest BCUT2D eigenvalue weighted by atomic mass is 10.0. The highest BCUT2D eigenvalue weighted by atomic mass is 19.4. The molecule has 1 aliphatic heterocycles. The predicted molar refractivity (Wildman–Crippen MR) is 116 cm³/mol. The van der Waals surface area contributed by atoms with Crippen LogP contribution in [-0.2, 0) is 26.3 Å². The zero-order valence-electron chi connectivity index (χ0n) is 18.3. The molecule has 9 heteroatoms. The first kappa shape index (κ1) is 23.1. The van der Waals surface area contributed by atoms with E-state index in [1.807, 2.05) is 6.92 Å². The van der Waals surface area contributed by atoms with Crippen LogP contribution >= 0.6 is 0 Å². The van der Waals surface area contributed by atoms with Crippen LogP contribution in [0.2, 0.25) is 0 Å². The molecule has 6 nitrogen and oxygen atoms in total. The third-order valence-corrected chi connectivity index (χ3v) is 5.51. The van der Waals surface area contributed by atoms with Gasteiger partial charge >= 0.3 is 6.18 Å². The summed E-state index contributed by atoms with van der Waals surface area (Å²) in [6.07, 6.45) is -1.20. The minimum absolute atomic E-state index is 0.0697. The predicted octanol–water partition coefficient (Wildman–Crippen LogP) is 3.47. The largest absolute Gasteiger partial charge is 0.435 e. The van der Waals surface area contributed by atoms with E-state index in [-0.39, 0.29) is 18.2 Å². The van der Waals surface area contributed by atoms with Crippen molar-refractivity contribution in [3.8, 4) is 0 Å². The van der Waals surface area contributed by atoms with Crippen molar-refractivity contribution in [2.45, 2.75) is 52.0 Å². The molecule has 0 unspecified atom stereocenters. The molecule has 2 aromatic rings. The van der Waals surface area contributed by atoms with Crippen LogP contribution in [0.3, 0.4) is 0 Å². The lowest BCUT2D eigenvalue weighted by molar-refractivity contribution is -0.142. The molecule has 2 heterocycles. The number of alkyl halides is 3. The van der Waals surface area contributed by atoms with Crippen molar-refractivity contribution in [1.82, 2.24) is 25.3 Å². The molecule has 1 fully saturated rings. The molecule has 0 saturated carbocycles. The number of nitrogens with zero attached hydrogens (tertiary/aromatic N) is 4. The van der Waals surface area contributed by atoms with Gasteiger partial charge in [0.05, 0.1) is 6.54 Å². The van der Waals surface area contributed by atoms with E-state index in [1.165, 1.54) is 29.1 Å². The Hall–Kier alpha value is -2.55. The molecule has 0 aliphatic carbocycles. The number of aromatic nitrogens is 2. The number of aryl methyl sites for hydroxylation is 2. The van der Waals surface area contributed by atoms with Crippen molar-refractivity contribution in [3.05, 3.63) is 52.8 Å². The van der Waals surface area contributed by atoms with Gasteiger partial charge in [0.15, 0.2) is 11.7 Å². The topological polar surface area (TPSA) is 57.5 Å². The Morgan fingerprint density at radius 2 is 1.90 bits per heavy atom. The number of hydrogen-bond acceptors (Lipinski definition) is 3. The molecule has 1 aromatic carbocycles. The average Bonchev–Trinajstić information content (AvgIpc) is 3.11. The van der Waals surface area contributed by atoms with Crippen LogP contribution < -0.4 is 10.6 Å². The number of benzene rings is 1. The second-order valence-electron chi connectivity index (χ2n) is 7.99. The summed E-state index contributed by atoms with van der Waals surface area (Å²) in [6, 6.07) is 8.67. The molecule has 0 radical (unpaired) electrons. The maximum Gasteiger partial charge on any atom is 0.435 e. The molecule has 1 aliphatic rings. The normalized spacial score (nSPS) is 16.5. The minimum atomic E-state index is -4.48. The Balaban J connectivity index is 1.57. The van der Waals surface area contributed by atoms with E-state index in [9.17, 15) is 13.2 Å². The molecule has 3 rings (SSSR count). The molecule has 1 aromatic heterocycles. The van der Waals surface area contributed by atoms with E-state index in [2.05, 4.69) is 56.8 Å². The first-order chi connectivity index (χ1) is 14.8. The van der Waals surface area contributed by atoms with Gasteiger partial charge in [0.25, 0.3) is 0 Å². The lowest BCUT2D eigenvalue weighted by Gasteiger charge is -2.33. The van der Waals surface area contributed by atoms with Gasteiger partial charge in [-0.25, -0.2) is 4.99 Å². The van der Waals surface area contributed by atoms with Crippen LogP contribution in [0.1, 0.15) is 42.1 Å². The van der Waals surface area contributed by atoms with Gasteiger partial charge in [-0.3, -0.25) is 9.58 Å². The van der Waals surface area contributed by atoms with Gasteiger partial charge < -0.3 is 10.6 Å². The Kier molecular flexibility index (Phi) is 7.59. The summed E-state index contributed by atoms with van der Waals surface area (Å²) in [4.78, 5) is 6.83. The van der Waals surface area contributed by atoms with Crippen molar-refractivity contribution < 1.29 is 13.2 Å². The molecule has 0 atom stereocenters. The number of likely N-dealkylation sites (tertiary alicyclic amines) is 1. The SMILES string of the molecule is CCNC(=NCc1cn(C)nc1C(F)(F)F)NC1CCN(Cc2ccccc2C)CC1. The number of hydrogen-bond donors (Lipinski definition) is 2. The van der Waals surface area contributed by atoms with E-state index < -0.39 is 11.9 Å². The van der Waals surface area contributed by atoms with Gasteiger partial charge in [0, 0.05) is 51.0 Å². The quantitative estimate of drug-likeness (QED) is 0.538. The second-order valence-corrected chi connectivity index (χ2v) is 7.99. The van der Waals surface area contributed by atoms with Crippen LogP contribution in [0.15, 0.2) is 35.5 Å². The van der Waals surface area contributed by atoms with Gasteiger partial charge in [-0.15, -0.1) is 0 Å². The molecular formula is C22H31F3N6. The number of guanidine groups is 1. The van der Waals surface area contributed by atoms with Crippen LogP contribution in [0.5, 0.6) is 0 Å². The molecule has 0 amide bonds. The molecule has 31 heavy (non-hydrogen) atoms. The lowest BCUT2D eigenvalue weighted by Crippen LogP contribution is -2.48. The van der Waals surface area contributed by atoms with Gasteiger partial charge in [-0.2, -0.15) is 18.3 Å². The fraction of sp³-hybridized carbons (Fsp3) is 0.545. The summed E-state index contributed by atoms with van der Waals surface area (Å²) in [5, 5.41) is 10.1. The van der Waals surface area contributed by atoms with Crippen LogP contribution in [0.25, 0.3) is 0 Å². The Morgan fingerprint density at radius 3 is 2.55 bits per heavy atom. The molecular weight excluding hydrogens is 405 g/mol. The van der Waals surface area contributed by atoms with Gasteiger partial charge in [0.2, 0.25) is 0 Å². The summed E-state index contributed by atoms with van der Waals surface area (Å²) in [5.74, 6) is 0.539. The monoisotopic (exact) mass is 436 g/mol. The second kappa shape index (κ2) is 10.2. The number of aliphatic imine (C=N–C) groups is 1. The Morgan fingerprint density at radius 1 is 1.19 bits per heavy atom. The summed E-state index contributed by atoms with van der Waals surface area (Å²) in [6.45, 7) is 7.50. The summed E-state index contributed by atoms with van der Waals surface area (Å²) in [5.41, 5.74) is 1.85. The van der Waals surface area contributed by atoms with Crippen LogP contribution in [-0.4, -0.2) is 46.3 Å². The number of rotatable bonds is 6. The van der Waals surface area contributed by atoms with Gasteiger partial charge in [-0.05, 0) is 37.8 Å². The van der Waals surface area contributed by atoms with E-state index in [0.29, 0.717) is 12.5 Å². The maximum absolute atomic E-state index is 13.2. The average molecular weight is 437 g/mol. The summed E-state index contributed by atoms with van der Waals surface area (Å²) < 4.78 is 40.7. The standard InChI is InChI=1S/C22H31F3N6/c1-4-26-21(27-13-18-14-30(3)29-20(18)22(23,24)25)28-19-9-11-31(12-10-19)15-17-8-6-5-7-16(17)2/h5-8,14,19H,4,9-13,15H2,1-3H3,(H2,26,27,28). The van der Waals surface area contributed by atoms with Crippen LogP contribution in [0, 0.1) is 6.92 Å². The fourth-order valence-corrected chi connectivity index (χ4v) is 3.83. The highest BCUT2D eigenvalue weighted by Gasteiger charge is 2.36. The van der Waals surface area contributed by atoms with Crippen molar-refractivity contribution >= 4 is 5.96 Å². The zero-order valence-corrected chi connectivity index (χ0v) is 18.3. The van der Waals surface area contributed by atoms with E-state index in [1.54, 1.807) is 0 Å². The molecule has 2 N–H and O–H groups in total.